The minimum atomic E-state index is -0.384. The van der Waals surface area contributed by atoms with Gasteiger partial charge in [-0.15, -0.1) is 0 Å². The number of rotatable bonds is 5. The number of amides is 1. The summed E-state index contributed by atoms with van der Waals surface area (Å²) in [7, 11) is 0. The molecule has 0 aliphatic carbocycles. The fourth-order valence-corrected chi connectivity index (χ4v) is 3.90. The zero-order valence-corrected chi connectivity index (χ0v) is 18.2. The maximum Gasteiger partial charge on any atom is 0.261 e. The molecular formula is C23H29N5O3. The van der Waals surface area contributed by atoms with E-state index in [-0.39, 0.29) is 17.1 Å². The molecule has 1 atom stereocenters. The lowest BCUT2D eigenvalue weighted by atomic mass is 9.88. The summed E-state index contributed by atoms with van der Waals surface area (Å²) in [5.41, 5.74) is 2.57. The average molecular weight is 424 g/mol. The van der Waals surface area contributed by atoms with Gasteiger partial charge in [-0.05, 0) is 25.0 Å². The van der Waals surface area contributed by atoms with Crippen molar-refractivity contribution in [2.75, 3.05) is 36.5 Å². The maximum atomic E-state index is 13.1. The number of benzene rings is 1. The lowest BCUT2D eigenvalue weighted by Gasteiger charge is -2.31. The Hall–Kier alpha value is -3.13. The van der Waals surface area contributed by atoms with Crippen LogP contribution < -0.4 is 20.3 Å². The maximum absolute atomic E-state index is 13.1. The fraction of sp³-hybridized carbons (Fsp3) is 0.435. The molecule has 4 rings (SSSR count). The monoisotopic (exact) mass is 423 g/mol. The molecule has 1 aromatic carbocycles. The normalized spacial score (nSPS) is 23.8. The third-order valence-electron chi connectivity index (χ3n) is 6.13. The highest BCUT2D eigenvalue weighted by Crippen LogP contribution is 2.44. The van der Waals surface area contributed by atoms with Gasteiger partial charge in [0.2, 0.25) is 0 Å². The first kappa shape index (κ1) is 21.1. The highest BCUT2D eigenvalue weighted by atomic mass is 16.5. The van der Waals surface area contributed by atoms with Crippen molar-refractivity contribution in [3.63, 3.8) is 0 Å². The van der Waals surface area contributed by atoms with Crippen LogP contribution in [0.25, 0.3) is 0 Å². The molecule has 31 heavy (non-hydrogen) atoms. The molecule has 0 spiro atoms. The van der Waals surface area contributed by atoms with Crippen molar-refractivity contribution in [3.05, 3.63) is 41.4 Å². The second-order valence-electron chi connectivity index (χ2n) is 8.47. The molecule has 1 saturated heterocycles. The molecule has 3 N–H and O–H groups in total. The number of aliphatic imine (C=N–C) groups is 1. The summed E-state index contributed by atoms with van der Waals surface area (Å²) in [6, 6.07) is 4.04. The highest BCUT2D eigenvalue weighted by molar-refractivity contribution is 6.18. The standard InChI is InChI=1S/C23H29N5O3/c1-15(2)23(3)13-16-11-18(19(12-20(16)31-23)28-7-9-30-10-8-28)27-22(29)17(14-24)21-25-5-4-6-26-21/h4-6,11-12,14-15,24-25H,7-10,13H2,1-3H3,(H,27,29)/b21-17-,24-14?/t23-/m0/s1. The lowest BCUT2D eigenvalue weighted by molar-refractivity contribution is -0.112. The Bertz CT molecular complexity index is 976. The van der Waals surface area contributed by atoms with Crippen molar-refractivity contribution in [3.8, 4) is 5.75 Å². The third-order valence-corrected chi connectivity index (χ3v) is 6.13. The molecule has 8 nitrogen and oxygen atoms in total. The van der Waals surface area contributed by atoms with Crippen molar-refractivity contribution in [2.24, 2.45) is 10.9 Å². The Morgan fingerprint density at radius 3 is 2.77 bits per heavy atom. The van der Waals surface area contributed by atoms with Gasteiger partial charge in [-0.1, -0.05) is 13.8 Å². The molecule has 1 amide bonds. The summed E-state index contributed by atoms with van der Waals surface area (Å²) in [5.74, 6) is 1.18. The van der Waals surface area contributed by atoms with Crippen molar-refractivity contribution in [2.45, 2.75) is 32.8 Å². The molecule has 3 aliphatic heterocycles. The summed E-state index contributed by atoms with van der Waals surface area (Å²) < 4.78 is 11.9. The van der Waals surface area contributed by atoms with Crippen LogP contribution in [-0.4, -0.2) is 50.2 Å². The number of morpholine rings is 1. The van der Waals surface area contributed by atoms with Crippen LogP contribution in [0.2, 0.25) is 0 Å². The summed E-state index contributed by atoms with van der Waals surface area (Å²) in [6.45, 7) is 9.18. The molecule has 1 fully saturated rings. The molecule has 0 aromatic heterocycles. The zero-order chi connectivity index (χ0) is 22.0. The van der Waals surface area contributed by atoms with E-state index < -0.39 is 0 Å². The van der Waals surface area contributed by atoms with Crippen LogP contribution in [0.15, 0.2) is 40.8 Å². The van der Waals surface area contributed by atoms with Gasteiger partial charge in [0, 0.05) is 49.8 Å². The van der Waals surface area contributed by atoms with E-state index in [1.807, 2.05) is 12.1 Å². The number of anilines is 2. The topological polar surface area (TPSA) is 99.0 Å². The Balaban J connectivity index is 1.69. The molecule has 1 aromatic rings. The Kier molecular flexibility index (Phi) is 5.82. The number of ether oxygens (including phenoxy) is 2. The van der Waals surface area contributed by atoms with Crippen LogP contribution in [0.1, 0.15) is 26.3 Å². The van der Waals surface area contributed by atoms with Crippen LogP contribution in [0, 0.1) is 11.3 Å². The molecule has 0 bridgehead atoms. The molecule has 3 aliphatic rings. The number of nitrogens with zero attached hydrogens (tertiary/aromatic N) is 2. The van der Waals surface area contributed by atoms with E-state index in [2.05, 4.69) is 41.3 Å². The van der Waals surface area contributed by atoms with Gasteiger partial charge < -0.3 is 30.4 Å². The summed E-state index contributed by atoms with van der Waals surface area (Å²) in [5, 5.41) is 13.7. The number of fused-ring (bicyclic) bond motifs is 1. The van der Waals surface area contributed by atoms with Gasteiger partial charge in [-0.2, -0.15) is 0 Å². The van der Waals surface area contributed by atoms with Crippen molar-refractivity contribution in [1.29, 1.82) is 5.41 Å². The summed E-state index contributed by atoms with van der Waals surface area (Å²) in [4.78, 5) is 19.4. The van der Waals surface area contributed by atoms with Crippen LogP contribution >= 0.6 is 0 Å². The third kappa shape index (κ3) is 4.20. The smallest absolute Gasteiger partial charge is 0.261 e. The molecule has 8 heteroatoms. The van der Waals surface area contributed by atoms with Crippen molar-refractivity contribution in [1.82, 2.24) is 5.32 Å². The summed E-state index contributed by atoms with van der Waals surface area (Å²) >= 11 is 0. The minimum absolute atomic E-state index is 0.164. The van der Waals surface area contributed by atoms with Gasteiger partial charge >= 0.3 is 0 Å². The Morgan fingerprint density at radius 2 is 2.13 bits per heavy atom. The first-order chi connectivity index (χ1) is 14.9. The predicted molar refractivity (Wildman–Crippen MR) is 122 cm³/mol. The summed E-state index contributed by atoms with van der Waals surface area (Å²) in [6.07, 6.45) is 6.79. The molecule has 0 unspecified atom stereocenters. The molecular weight excluding hydrogens is 394 g/mol. The fourth-order valence-electron chi connectivity index (χ4n) is 3.90. The lowest BCUT2D eigenvalue weighted by Crippen LogP contribution is -2.37. The van der Waals surface area contributed by atoms with Gasteiger partial charge in [0.25, 0.3) is 5.91 Å². The van der Waals surface area contributed by atoms with E-state index in [0.29, 0.717) is 30.6 Å². The number of nitrogens with one attached hydrogen (secondary N) is 3. The van der Waals surface area contributed by atoms with Crippen LogP contribution in [0.5, 0.6) is 5.75 Å². The Morgan fingerprint density at radius 1 is 1.35 bits per heavy atom. The van der Waals surface area contributed by atoms with Gasteiger partial charge in [-0.25, -0.2) is 4.99 Å². The van der Waals surface area contributed by atoms with Gasteiger partial charge in [0.15, 0.2) is 0 Å². The number of allylic oxidation sites excluding steroid dienone is 1. The average Bonchev–Trinajstić information content (AvgIpc) is 3.11. The van der Waals surface area contributed by atoms with Crippen molar-refractivity contribution < 1.29 is 14.3 Å². The van der Waals surface area contributed by atoms with Gasteiger partial charge in [-0.3, -0.25) is 4.79 Å². The first-order valence-corrected chi connectivity index (χ1v) is 10.6. The van der Waals surface area contributed by atoms with Crippen LogP contribution in [0.3, 0.4) is 0 Å². The molecule has 3 heterocycles. The highest BCUT2D eigenvalue weighted by Gasteiger charge is 2.38. The number of carbonyl (C=O) groups excluding carboxylic acids is 1. The van der Waals surface area contributed by atoms with Crippen LogP contribution in [-0.2, 0) is 16.0 Å². The first-order valence-electron chi connectivity index (χ1n) is 10.6. The quantitative estimate of drug-likeness (QED) is 0.500. The number of hydrogen-bond donors (Lipinski definition) is 3. The minimum Gasteiger partial charge on any atom is -0.487 e. The van der Waals surface area contributed by atoms with E-state index in [1.165, 1.54) is 0 Å². The number of hydrogen-bond acceptors (Lipinski definition) is 7. The predicted octanol–water partition coefficient (Wildman–Crippen LogP) is 2.86. The zero-order valence-electron chi connectivity index (χ0n) is 18.2. The Labute approximate surface area is 182 Å². The SMILES string of the molecule is CC(C)[C@]1(C)Cc2cc(NC(=O)/C(C=N)=C3\N=CC=CN3)c(N3CCOCC3)cc2O1. The van der Waals surface area contributed by atoms with Gasteiger partial charge in [0.1, 0.15) is 17.2 Å². The van der Waals surface area contributed by atoms with Gasteiger partial charge in [0.05, 0.1) is 30.2 Å². The number of carbonyl (C=O) groups is 1. The largest absolute Gasteiger partial charge is 0.487 e. The van der Waals surface area contributed by atoms with Crippen LogP contribution in [0.4, 0.5) is 11.4 Å². The van der Waals surface area contributed by atoms with E-state index >= 15 is 0 Å². The van der Waals surface area contributed by atoms with E-state index in [9.17, 15) is 4.79 Å². The van der Waals surface area contributed by atoms with E-state index in [1.54, 1.807) is 18.5 Å². The van der Waals surface area contributed by atoms with E-state index in [0.717, 1.165) is 42.7 Å². The molecule has 0 radical (unpaired) electrons. The second kappa shape index (κ2) is 8.55. The van der Waals surface area contributed by atoms with E-state index in [4.69, 9.17) is 14.9 Å². The molecule has 0 saturated carbocycles. The molecule has 164 valence electrons. The van der Waals surface area contributed by atoms with Crippen molar-refractivity contribution >= 4 is 29.7 Å². The second-order valence-corrected chi connectivity index (χ2v) is 8.47.